The normalized spacial score (nSPS) is 28.2. The minimum absolute atomic E-state index is 0.534. The van der Waals surface area contributed by atoms with Gasteiger partial charge in [0, 0.05) is 0 Å². The Bertz CT molecular complexity index is 117. The molecular formula is C6H16O2Si2. The first-order valence-electron chi connectivity index (χ1n) is 3.78. The van der Waals surface area contributed by atoms with Gasteiger partial charge in [0.25, 0.3) is 0 Å². The van der Waals surface area contributed by atoms with Crippen LogP contribution in [0, 0.1) is 0 Å². The number of hydrogen-bond donors (Lipinski definition) is 0. The van der Waals surface area contributed by atoms with Gasteiger partial charge in [-0.05, 0) is 26.2 Å². The Hall–Kier alpha value is 0.354. The maximum Gasteiger partial charge on any atom is 0.192 e. The van der Waals surface area contributed by atoms with Crippen molar-refractivity contribution in [2.24, 2.45) is 0 Å². The molecule has 0 radical (unpaired) electrons. The zero-order valence-electron chi connectivity index (χ0n) is 7.18. The third kappa shape index (κ3) is 2.96. The second kappa shape index (κ2) is 2.77. The fourth-order valence-corrected chi connectivity index (χ4v) is 6.68. The van der Waals surface area contributed by atoms with Crippen LogP contribution in [0.4, 0.5) is 0 Å². The minimum atomic E-state index is -1.26. The standard InChI is InChI=1S/C6H16O2Si2/c1-9(6-5-7-6)8-10(2,3)4/h6,9H,5H2,1-4H3. The first-order chi connectivity index (χ1) is 4.49. The summed E-state index contributed by atoms with van der Waals surface area (Å²) < 4.78 is 11.1. The summed E-state index contributed by atoms with van der Waals surface area (Å²) in [4.78, 5) is 0. The number of rotatable bonds is 3. The van der Waals surface area contributed by atoms with Gasteiger partial charge in [0.1, 0.15) is 0 Å². The molecule has 0 saturated carbocycles. The second-order valence-corrected chi connectivity index (χ2v) is 11.1. The van der Waals surface area contributed by atoms with Crippen molar-refractivity contribution in [3.8, 4) is 0 Å². The molecular weight excluding hydrogens is 160 g/mol. The van der Waals surface area contributed by atoms with Crippen molar-refractivity contribution in [3.63, 3.8) is 0 Å². The Balaban J connectivity index is 2.23. The lowest BCUT2D eigenvalue weighted by atomic mass is 11.0. The minimum Gasteiger partial charge on any atom is -0.456 e. The Morgan fingerprint density at radius 3 is 2.30 bits per heavy atom. The predicted octanol–water partition coefficient (Wildman–Crippen LogP) is 1.13. The molecule has 4 heteroatoms. The Kier molecular flexibility index (Phi) is 2.34. The molecule has 60 valence electrons. The lowest BCUT2D eigenvalue weighted by molar-refractivity contribution is 0.431. The van der Waals surface area contributed by atoms with Gasteiger partial charge in [-0.1, -0.05) is 0 Å². The summed E-state index contributed by atoms with van der Waals surface area (Å²) in [6, 6.07) is 0. The molecule has 1 saturated heterocycles. The maximum atomic E-state index is 5.91. The predicted molar refractivity (Wildman–Crippen MR) is 47.2 cm³/mol. The van der Waals surface area contributed by atoms with Crippen molar-refractivity contribution < 1.29 is 8.85 Å². The summed E-state index contributed by atoms with van der Waals surface area (Å²) >= 11 is 0. The summed E-state index contributed by atoms with van der Waals surface area (Å²) in [6.07, 6.45) is 0. The van der Waals surface area contributed by atoms with Crippen molar-refractivity contribution in [3.05, 3.63) is 0 Å². The highest BCUT2D eigenvalue weighted by Crippen LogP contribution is 2.17. The molecule has 2 atom stereocenters. The van der Waals surface area contributed by atoms with Crippen LogP contribution >= 0.6 is 0 Å². The highest BCUT2D eigenvalue weighted by molar-refractivity contribution is 6.77. The summed E-state index contributed by atoms with van der Waals surface area (Å²) in [5.74, 6) is 0. The molecule has 0 amide bonds. The average molecular weight is 176 g/mol. The molecule has 2 unspecified atom stereocenters. The molecule has 0 aromatic rings. The number of epoxide rings is 1. The van der Waals surface area contributed by atoms with Crippen LogP contribution in [-0.4, -0.2) is 29.7 Å². The lowest BCUT2D eigenvalue weighted by Gasteiger charge is -2.21. The smallest absolute Gasteiger partial charge is 0.192 e. The first-order valence-corrected chi connectivity index (χ1v) is 9.48. The van der Waals surface area contributed by atoms with E-state index in [1.807, 2.05) is 0 Å². The van der Waals surface area contributed by atoms with E-state index in [1.165, 1.54) is 0 Å². The van der Waals surface area contributed by atoms with Gasteiger partial charge in [-0.3, -0.25) is 0 Å². The number of hydrogen-bond acceptors (Lipinski definition) is 2. The largest absolute Gasteiger partial charge is 0.456 e. The molecule has 0 aromatic carbocycles. The first kappa shape index (κ1) is 8.45. The molecule has 0 aliphatic carbocycles. The molecule has 0 aromatic heterocycles. The fraction of sp³-hybridized carbons (Fsp3) is 1.00. The van der Waals surface area contributed by atoms with Crippen LogP contribution in [-0.2, 0) is 8.85 Å². The van der Waals surface area contributed by atoms with E-state index >= 15 is 0 Å². The molecule has 0 N–H and O–H groups in total. The van der Waals surface area contributed by atoms with E-state index in [1.54, 1.807) is 0 Å². The van der Waals surface area contributed by atoms with E-state index in [-0.39, 0.29) is 0 Å². The summed E-state index contributed by atoms with van der Waals surface area (Å²) in [5, 5.41) is 0. The van der Waals surface area contributed by atoms with Crippen molar-refractivity contribution in [2.45, 2.75) is 31.9 Å². The SMILES string of the molecule is C[SiH](O[Si](C)(C)C)C1CO1. The monoisotopic (exact) mass is 176 g/mol. The van der Waals surface area contributed by atoms with Crippen molar-refractivity contribution in [2.75, 3.05) is 6.61 Å². The van der Waals surface area contributed by atoms with Crippen LogP contribution in [0.25, 0.3) is 0 Å². The van der Waals surface area contributed by atoms with Crippen LogP contribution in [0.3, 0.4) is 0 Å². The van der Waals surface area contributed by atoms with E-state index in [4.69, 9.17) is 8.85 Å². The van der Waals surface area contributed by atoms with Gasteiger partial charge in [-0.25, -0.2) is 0 Å². The molecule has 0 spiro atoms. The van der Waals surface area contributed by atoms with Crippen LogP contribution in [0.2, 0.25) is 26.2 Å². The molecule has 1 fully saturated rings. The van der Waals surface area contributed by atoms with E-state index in [0.717, 1.165) is 6.61 Å². The van der Waals surface area contributed by atoms with Gasteiger partial charge < -0.3 is 8.85 Å². The molecule has 0 bridgehead atoms. The third-order valence-electron chi connectivity index (χ3n) is 1.42. The van der Waals surface area contributed by atoms with Crippen molar-refractivity contribution in [1.29, 1.82) is 0 Å². The molecule has 1 heterocycles. The Labute approximate surface area is 65.4 Å². The van der Waals surface area contributed by atoms with Gasteiger partial charge in [-0.15, -0.1) is 0 Å². The molecule has 2 nitrogen and oxygen atoms in total. The summed E-state index contributed by atoms with van der Waals surface area (Å²) in [6.45, 7) is 9.89. The van der Waals surface area contributed by atoms with Crippen LogP contribution < -0.4 is 0 Å². The van der Waals surface area contributed by atoms with Crippen LogP contribution in [0.5, 0.6) is 0 Å². The summed E-state index contributed by atoms with van der Waals surface area (Å²) in [7, 11) is -2.21. The van der Waals surface area contributed by atoms with E-state index < -0.39 is 17.4 Å². The van der Waals surface area contributed by atoms with E-state index in [9.17, 15) is 0 Å². The molecule has 1 aliphatic rings. The third-order valence-corrected chi connectivity index (χ3v) is 7.17. The lowest BCUT2D eigenvalue weighted by Crippen LogP contribution is -2.36. The second-order valence-electron chi connectivity index (χ2n) is 3.81. The van der Waals surface area contributed by atoms with E-state index in [2.05, 4.69) is 26.2 Å². The highest BCUT2D eigenvalue weighted by Gasteiger charge is 2.34. The van der Waals surface area contributed by atoms with Gasteiger partial charge in [0.2, 0.25) is 0 Å². The van der Waals surface area contributed by atoms with Crippen molar-refractivity contribution in [1.82, 2.24) is 0 Å². The average Bonchev–Trinajstić information content (AvgIpc) is 2.35. The van der Waals surface area contributed by atoms with E-state index in [0.29, 0.717) is 5.73 Å². The Morgan fingerprint density at radius 2 is 2.00 bits per heavy atom. The molecule has 1 aliphatic heterocycles. The van der Waals surface area contributed by atoms with Gasteiger partial charge in [0.15, 0.2) is 17.4 Å². The molecule has 10 heavy (non-hydrogen) atoms. The topological polar surface area (TPSA) is 21.8 Å². The number of ether oxygens (including phenoxy) is 1. The van der Waals surface area contributed by atoms with Crippen LogP contribution in [0.15, 0.2) is 0 Å². The zero-order chi connectivity index (χ0) is 7.78. The fourth-order valence-electron chi connectivity index (χ4n) is 0.960. The van der Waals surface area contributed by atoms with Gasteiger partial charge in [0.05, 0.1) is 12.3 Å². The van der Waals surface area contributed by atoms with Crippen LogP contribution in [0.1, 0.15) is 0 Å². The quantitative estimate of drug-likeness (QED) is 0.475. The maximum absolute atomic E-state index is 5.91. The zero-order valence-corrected chi connectivity index (χ0v) is 9.33. The van der Waals surface area contributed by atoms with Gasteiger partial charge in [-0.2, -0.15) is 0 Å². The van der Waals surface area contributed by atoms with Crippen molar-refractivity contribution >= 4 is 17.4 Å². The highest BCUT2D eigenvalue weighted by atomic mass is 28.4. The van der Waals surface area contributed by atoms with Gasteiger partial charge >= 0.3 is 0 Å². The Morgan fingerprint density at radius 1 is 1.50 bits per heavy atom. The summed E-state index contributed by atoms with van der Waals surface area (Å²) in [5.41, 5.74) is 0.534. The molecule has 1 rings (SSSR count).